The second-order valence-electron chi connectivity index (χ2n) is 10.4. The average molecular weight is 385 g/mol. The van der Waals surface area contributed by atoms with Gasteiger partial charge < -0.3 is 19.7 Å². The van der Waals surface area contributed by atoms with E-state index in [1.54, 1.807) is 0 Å². The van der Waals surface area contributed by atoms with Crippen LogP contribution >= 0.6 is 0 Å². The summed E-state index contributed by atoms with van der Waals surface area (Å²) in [5.74, 6) is 0. The van der Waals surface area contributed by atoms with Crippen LogP contribution < -0.4 is 0 Å². The fraction of sp³-hybridized carbons (Fsp3) is 1.00. The predicted molar refractivity (Wildman–Crippen MR) is 106 cm³/mol. The number of rotatable bonds is 7. The Morgan fingerprint density at radius 3 is 2.00 bits per heavy atom. The van der Waals surface area contributed by atoms with Gasteiger partial charge in [0.1, 0.15) is 0 Å². The summed E-state index contributed by atoms with van der Waals surface area (Å²) in [5.41, 5.74) is 0.239. The summed E-state index contributed by atoms with van der Waals surface area (Å²) in [6.07, 6.45) is 3.40. The van der Waals surface area contributed by atoms with Crippen molar-refractivity contribution in [1.82, 2.24) is 0 Å². The number of fused-ring (bicyclic) bond motifs is 1. The molecule has 4 saturated carbocycles. The summed E-state index contributed by atoms with van der Waals surface area (Å²) in [6.45, 7) is 14.3. The van der Waals surface area contributed by atoms with Crippen molar-refractivity contribution in [3.63, 3.8) is 0 Å². The molecule has 0 aromatic carbocycles. The number of aliphatic hydroxyl groups is 3. The molecule has 0 amide bonds. The Morgan fingerprint density at radius 2 is 1.50 bits per heavy atom. The van der Waals surface area contributed by atoms with Crippen molar-refractivity contribution in [1.29, 1.82) is 0 Å². The van der Waals surface area contributed by atoms with Gasteiger partial charge >= 0.3 is 0 Å². The Hall–Kier alpha value is 0.0569. The third kappa shape index (κ3) is 2.10. The lowest BCUT2D eigenvalue weighted by Crippen LogP contribution is -2.76. The first kappa shape index (κ1) is 20.8. The molecule has 5 atom stereocenters. The molecule has 4 fully saturated rings. The molecule has 0 radical (unpaired) electrons. The molecule has 0 aliphatic heterocycles. The van der Waals surface area contributed by atoms with Crippen LogP contribution in [0.5, 0.6) is 0 Å². The molecule has 4 nitrogen and oxygen atoms in total. The molecule has 0 saturated heterocycles. The quantitative estimate of drug-likeness (QED) is 0.583. The maximum Gasteiger partial charge on any atom is 0.200 e. The highest BCUT2D eigenvalue weighted by Gasteiger charge is 2.86. The van der Waals surface area contributed by atoms with Crippen molar-refractivity contribution in [3.8, 4) is 0 Å². The summed E-state index contributed by atoms with van der Waals surface area (Å²) < 4.78 is 6.98. The molecule has 3 N–H and O–H groups in total. The van der Waals surface area contributed by atoms with Crippen LogP contribution in [-0.2, 0) is 4.43 Å². The molecule has 0 aromatic rings. The maximum atomic E-state index is 11.0. The first-order valence-electron chi connectivity index (χ1n) is 10.7. The minimum Gasteiger partial charge on any atom is -0.415 e. The van der Waals surface area contributed by atoms with Crippen LogP contribution in [0.1, 0.15) is 73.6 Å². The molecular formula is C21H40O4Si. The minimum absolute atomic E-state index is 0.0457. The van der Waals surface area contributed by atoms with Crippen molar-refractivity contribution in [2.24, 2.45) is 16.2 Å². The monoisotopic (exact) mass is 384 g/mol. The molecule has 0 unspecified atom stereocenters. The Kier molecular flexibility index (Phi) is 5.23. The maximum absolute atomic E-state index is 11.0. The van der Waals surface area contributed by atoms with E-state index in [2.05, 4.69) is 41.5 Å². The van der Waals surface area contributed by atoms with E-state index in [-0.39, 0.29) is 12.0 Å². The SMILES string of the molecule is CC(C)[Si](OC[C@@]12CCCC[C@]13[C@H](O)[C@@]2(CO)C[C@@H]3O)(C(C)C)C(C)C. The van der Waals surface area contributed by atoms with Crippen molar-refractivity contribution in [2.45, 2.75) is 102 Å². The third-order valence-electron chi connectivity index (χ3n) is 9.01. The van der Waals surface area contributed by atoms with Gasteiger partial charge in [-0.2, -0.15) is 0 Å². The number of hydrogen-bond acceptors (Lipinski definition) is 4. The highest BCUT2D eigenvalue weighted by atomic mass is 28.4. The van der Waals surface area contributed by atoms with Crippen molar-refractivity contribution in [3.05, 3.63) is 0 Å². The van der Waals surface area contributed by atoms with Crippen LogP contribution in [0.25, 0.3) is 0 Å². The molecule has 152 valence electrons. The molecule has 1 spiro atoms. The standard InChI is InChI=1S/C21H40O4Si/c1-14(2)26(15(3)4,16(5)6)25-13-20-9-7-8-10-21(20)17(23)11-19(20,12-22)18(21)24/h14-18,22-24H,7-13H2,1-6H3/t17-,18+,19-,20+,21-/m0/s1. The average Bonchev–Trinajstić information content (AvgIpc) is 2.94. The topological polar surface area (TPSA) is 69.9 Å². The normalized spacial score (nSPS) is 42.5. The van der Waals surface area contributed by atoms with E-state index in [9.17, 15) is 15.3 Å². The van der Waals surface area contributed by atoms with Crippen molar-refractivity contribution in [2.75, 3.05) is 13.2 Å². The number of hydrogen-bond donors (Lipinski definition) is 3. The van der Waals surface area contributed by atoms with Gasteiger partial charge in [-0.3, -0.25) is 0 Å². The van der Waals surface area contributed by atoms with E-state index < -0.39 is 31.4 Å². The highest BCUT2D eigenvalue weighted by molar-refractivity contribution is 6.77. The second-order valence-corrected chi connectivity index (χ2v) is 15.8. The van der Waals surface area contributed by atoms with Crippen LogP contribution in [0.4, 0.5) is 0 Å². The van der Waals surface area contributed by atoms with Crippen LogP contribution in [0.15, 0.2) is 0 Å². The second kappa shape index (κ2) is 6.55. The summed E-state index contributed by atoms with van der Waals surface area (Å²) >= 11 is 0. The summed E-state index contributed by atoms with van der Waals surface area (Å²) in [5, 5.41) is 32.2. The molecular weight excluding hydrogens is 344 g/mol. The molecule has 0 aromatic heterocycles. The molecule has 5 heteroatoms. The van der Waals surface area contributed by atoms with Crippen LogP contribution in [0.3, 0.4) is 0 Å². The summed E-state index contributed by atoms with van der Waals surface area (Å²) in [7, 11) is -2.02. The molecule has 26 heavy (non-hydrogen) atoms. The molecule has 4 aliphatic rings. The summed E-state index contributed by atoms with van der Waals surface area (Å²) in [6, 6.07) is 0. The zero-order chi connectivity index (χ0) is 19.5. The fourth-order valence-corrected chi connectivity index (χ4v) is 13.5. The highest BCUT2D eigenvalue weighted by Crippen LogP contribution is 2.82. The van der Waals surface area contributed by atoms with Crippen LogP contribution in [0.2, 0.25) is 16.6 Å². The Balaban J connectivity index is 1.97. The van der Waals surface area contributed by atoms with E-state index >= 15 is 0 Å². The lowest BCUT2D eigenvalue weighted by Gasteiger charge is -2.70. The lowest BCUT2D eigenvalue weighted by molar-refractivity contribution is -0.311. The van der Waals surface area contributed by atoms with E-state index in [0.29, 0.717) is 29.7 Å². The van der Waals surface area contributed by atoms with Gasteiger partial charge in [0, 0.05) is 22.9 Å². The Morgan fingerprint density at radius 1 is 0.962 bits per heavy atom. The van der Waals surface area contributed by atoms with Gasteiger partial charge in [-0.05, 0) is 35.9 Å². The Labute approximate surface area is 160 Å². The van der Waals surface area contributed by atoms with E-state index in [0.717, 1.165) is 25.7 Å². The smallest absolute Gasteiger partial charge is 0.200 e. The summed E-state index contributed by atoms with van der Waals surface area (Å²) in [4.78, 5) is 0. The molecule has 4 rings (SSSR count). The van der Waals surface area contributed by atoms with Crippen LogP contribution in [0, 0.1) is 16.2 Å². The van der Waals surface area contributed by atoms with E-state index in [1.807, 2.05) is 0 Å². The largest absolute Gasteiger partial charge is 0.415 e. The van der Waals surface area contributed by atoms with Gasteiger partial charge in [-0.15, -0.1) is 0 Å². The predicted octanol–water partition coefficient (Wildman–Crippen LogP) is 3.84. The zero-order valence-corrected chi connectivity index (χ0v) is 18.6. The lowest BCUT2D eigenvalue weighted by atomic mass is 9.36. The minimum atomic E-state index is -2.02. The third-order valence-corrected chi connectivity index (χ3v) is 15.1. The van der Waals surface area contributed by atoms with Crippen LogP contribution in [-0.4, -0.2) is 49.1 Å². The Bertz CT molecular complexity index is 514. The van der Waals surface area contributed by atoms with Gasteiger partial charge in [0.05, 0.1) is 18.8 Å². The van der Waals surface area contributed by atoms with E-state index in [1.165, 1.54) is 0 Å². The van der Waals surface area contributed by atoms with Gasteiger partial charge in [0.2, 0.25) is 0 Å². The van der Waals surface area contributed by atoms with E-state index in [4.69, 9.17) is 4.43 Å². The van der Waals surface area contributed by atoms with Crippen molar-refractivity contribution < 1.29 is 19.7 Å². The van der Waals surface area contributed by atoms with Crippen molar-refractivity contribution >= 4 is 8.32 Å². The fourth-order valence-electron chi connectivity index (χ4n) is 8.01. The van der Waals surface area contributed by atoms with Gasteiger partial charge in [0.25, 0.3) is 0 Å². The van der Waals surface area contributed by atoms with Gasteiger partial charge in [-0.25, -0.2) is 0 Å². The molecule has 2 bridgehead atoms. The molecule has 0 heterocycles. The van der Waals surface area contributed by atoms with Gasteiger partial charge in [0.15, 0.2) is 8.32 Å². The first-order valence-corrected chi connectivity index (χ1v) is 12.8. The number of aliphatic hydroxyl groups excluding tert-OH is 3. The molecule has 4 aliphatic carbocycles. The zero-order valence-electron chi connectivity index (χ0n) is 17.6. The van der Waals surface area contributed by atoms with Gasteiger partial charge in [-0.1, -0.05) is 54.4 Å². The first-order chi connectivity index (χ1) is 12.1.